The molecule has 0 aliphatic heterocycles. The smallest absolute Gasteiger partial charge is 0.227 e. The highest BCUT2D eigenvalue weighted by Crippen LogP contribution is 2.34. The first-order chi connectivity index (χ1) is 9.17. The molecule has 1 aromatic rings. The minimum Gasteiger partial charge on any atom is -0.354 e. The van der Waals surface area contributed by atoms with Crippen molar-refractivity contribution >= 4 is 17.5 Å². The highest BCUT2D eigenvalue weighted by molar-refractivity contribution is 6.21. The van der Waals surface area contributed by atoms with E-state index in [0.29, 0.717) is 12.5 Å². The summed E-state index contributed by atoms with van der Waals surface area (Å²) in [6.45, 7) is 4.87. The number of hydrogen-bond donors (Lipinski definition) is 1. The number of hydrogen-bond acceptors (Lipinski definition) is 1. The summed E-state index contributed by atoms with van der Waals surface area (Å²) in [6, 6.07) is 8.15. The van der Waals surface area contributed by atoms with Gasteiger partial charge in [0, 0.05) is 6.54 Å². The van der Waals surface area contributed by atoms with Gasteiger partial charge in [-0.25, -0.2) is 0 Å². The van der Waals surface area contributed by atoms with E-state index < -0.39 is 0 Å². The minimum absolute atomic E-state index is 0.0294. The molecule has 0 saturated carbocycles. The zero-order valence-corrected chi connectivity index (χ0v) is 12.4. The maximum absolute atomic E-state index is 12.1. The Bertz CT molecular complexity index is 442. The van der Waals surface area contributed by atoms with E-state index in [1.54, 1.807) is 0 Å². The van der Waals surface area contributed by atoms with Crippen molar-refractivity contribution in [3.63, 3.8) is 0 Å². The molecule has 0 saturated heterocycles. The van der Waals surface area contributed by atoms with Crippen LogP contribution in [0.1, 0.15) is 43.7 Å². The molecule has 104 valence electrons. The fourth-order valence-corrected chi connectivity index (χ4v) is 3.21. The minimum atomic E-state index is 0.0294. The first-order valence-electron chi connectivity index (χ1n) is 7.16. The van der Waals surface area contributed by atoms with Gasteiger partial charge in [-0.3, -0.25) is 4.79 Å². The number of fused-ring (bicyclic) bond motifs is 1. The molecule has 0 spiro atoms. The van der Waals surface area contributed by atoms with Crippen LogP contribution in [0.5, 0.6) is 0 Å². The van der Waals surface area contributed by atoms with Gasteiger partial charge in [0.15, 0.2) is 0 Å². The van der Waals surface area contributed by atoms with Gasteiger partial charge in [-0.15, -0.1) is 11.6 Å². The van der Waals surface area contributed by atoms with Crippen molar-refractivity contribution < 1.29 is 4.79 Å². The normalized spacial score (nSPS) is 18.6. The average molecular weight is 280 g/mol. The van der Waals surface area contributed by atoms with E-state index in [0.717, 1.165) is 19.3 Å². The van der Waals surface area contributed by atoms with Crippen molar-refractivity contribution in [3.8, 4) is 0 Å². The lowest BCUT2D eigenvalue weighted by atomic mass is 9.77. The molecule has 0 heterocycles. The van der Waals surface area contributed by atoms with Crippen LogP contribution in [0.4, 0.5) is 0 Å². The molecule has 0 bridgehead atoms. The monoisotopic (exact) mass is 279 g/mol. The molecular formula is C16H22ClNO. The van der Waals surface area contributed by atoms with E-state index >= 15 is 0 Å². The molecule has 1 aliphatic carbocycles. The summed E-state index contributed by atoms with van der Waals surface area (Å²) in [5.74, 6) is 0.632. The number of benzene rings is 1. The zero-order chi connectivity index (χ0) is 13.8. The fourth-order valence-electron chi connectivity index (χ4n) is 2.78. The summed E-state index contributed by atoms with van der Waals surface area (Å²) in [5, 5.41) is 3.04. The molecule has 1 N–H and O–H groups in total. The van der Waals surface area contributed by atoms with Crippen LogP contribution in [0.15, 0.2) is 24.3 Å². The summed E-state index contributed by atoms with van der Waals surface area (Å²) in [5.41, 5.74) is 2.47. The molecule has 2 atom stereocenters. The molecule has 0 fully saturated rings. The Morgan fingerprint density at radius 1 is 1.37 bits per heavy atom. The maximum atomic E-state index is 12.1. The highest BCUT2D eigenvalue weighted by atomic mass is 35.5. The lowest BCUT2D eigenvalue weighted by molar-refractivity contribution is -0.123. The number of carbonyl (C=O) groups is 1. The standard InChI is InChI=1S/C16H22ClNO/c1-3-11(4-2)15(17)10-18-16(19)14-9-12-7-5-6-8-13(12)14/h5-8,11,14-15H,3-4,9-10H2,1-2H3,(H,18,19). The van der Waals surface area contributed by atoms with E-state index in [-0.39, 0.29) is 17.2 Å². The molecule has 0 aromatic heterocycles. The number of nitrogens with one attached hydrogen (secondary N) is 1. The number of alkyl halides is 1. The molecule has 0 radical (unpaired) electrons. The molecular weight excluding hydrogens is 258 g/mol. The summed E-state index contributed by atoms with van der Waals surface area (Å²) >= 11 is 6.34. The SMILES string of the molecule is CCC(CC)C(Cl)CNC(=O)C1Cc2ccccc21. The van der Waals surface area contributed by atoms with Crippen LogP contribution in [0.2, 0.25) is 0 Å². The molecule has 3 heteroatoms. The number of carbonyl (C=O) groups excluding carboxylic acids is 1. The van der Waals surface area contributed by atoms with Gasteiger partial charge in [-0.1, -0.05) is 51.0 Å². The second kappa shape index (κ2) is 6.42. The Kier molecular flexibility index (Phi) is 4.87. The molecule has 2 unspecified atom stereocenters. The number of halogens is 1. The predicted octanol–water partition coefficient (Wildman–Crippen LogP) is 3.49. The third-order valence-electron chi connectivity index (χ3n) is 4.20. The second-order valence-corrected chi connectivity index (χ2v) is 5.85. The Labute approximate surface area is 120 Å². The van der Waals surface area contributed by atoms with Crippen molar-refractivity contribution in [2.24, 2.45) is 5.92 Å². The molecule has 19 heavy (non-hydrogen) atoms. The van der Waals surface area contributed by atoms with Gasteiger partial charge in [0.25, 0.3) is 0 Å². The van der Waals surface area contributed by atoms with Crippen molar-refractivity contribution in [2.75, 3.05) is 6.54 Å². The van der Waals surface area contributed by atoms with Crippen LogP contribution in [0, 0.1) is 5.92 Å². The van der Waals surface area contributed by atoms with Crippen LogP contribution < -0.4 is 5.32 Å². The number of amides is 1. The second-order valence-electron chi connectivity index (χ2n) is 5.29. The summed E-state index contributed by atoms with van der Waals surface area (Å²) in [4.78, 5) is 12.1. The third kappa shape index (κ3) is 3.11. The van der Waals surface area contributed by atoms with Gasteiger partial charge in [0.2, 0.25) is 5.91 Å². The zero-order valence-electron chi connectivity index (χ0n) is 11.7. The van der Waals surface area contributed by atoms with E-state index in [1.165, 1.54) is 11.1 Å². The summed E-state index contributed by atoms with van der Waals surface area (Å²) < 4.78 is 0. The van der Waals surface area contributed by atoms with Crippen LogP contribution in [-0.2, 0) is 11.2 Å². The van der Waals surface area contributed by atoms with Crippen molar-refractivity contribution in [3.05, 3.63) is 35.4 Å². The van der Waals surface area contributed by atoms with Gasteiger partial charge in [-0.05, 0) is 23.5 Å². The van der Waals surface area contributed by atoms with Gasteiger partial charge in [0.1, 0.15) is 0 Å². The van der Waals surface area contributed by atoms with Crippen LogP contribution in [-0.4, -0.2) is 17.8 Å². The van der Waals surface area contributed by atoms with E-state index in [2.05, 4.69) is 25.2 Å². The Morgan fingerprint density at radius 3 is 2.68 bits per heavy atom. The van der Waals surface area contributed by atoms with Gasteiger partial charge in [-0.2, -0.15) is 0 Å². The quantitative estimate of drug-likeness (QED) is 0.794. The predicted molar refractivity (Wildman–Crippen MR) is 79.6 cm³/mol. The lowest BCUT2D eigenvalue weighted by Crippen LogP contribution is -2.39. The summed E-state index contributed by atoms with van der Waals surface area (Å²) in [6.07, 6.45) is 2.99. The molecule has 1 aliphatic rings. The highest BCUT2D eigenvalue weighted by Gasteiger charge is 2.31. The summed E-state index contributed by atoms with van der Waals surface area (Å²) in [7, 11) is 0. The van der Waals surface area contributed by atoms with Gasteiger partial charge < -0.3 is 5.32 Å². The van der Waals surface area contributed by atoms with Gasteiger partial charge >= 0.3 is 0 Å². The first-order valence-corrected chi connectivity index (χ1v) is 7.60. The Morgan fingerprint density at radius 2 is 2.05 bits per heavy atom. The molecule has 1 aromatic carbocycles. The number of rotatable bonds is 6. The fraction of sp³-hybridized carbons (Fsp3) is 0.562. The molecule has 2 rings (SSSR count). The van der Waals surface area contributed by atoms with Crippen molar-refractivity contribution in [1.82, 2.24) is 5.32 Å². The Balaban J connectivity index is 1.84. The van der Waals surface area contributed by atoms with E-state index in [1.807, 2.05) is 18.2 Å². The first kappa shape index (κ1) is 14.4. The van der Waals surface area contributed by atoms with Crippen LogP contribution >= 0.6 is 11.6 Å². The molecule has 2 nitrogen and oxygen atoms in total. The third-order valence-corrected chi connectivity index (χ3v) is 4.71. The van der Waals surface area contributed by atoms with E-state index in [4.69, 9.17) is 11.6 Å². The van der Waals surface area contributed by atoms with Crippen molar-refractivity contribution in [2.45, 2.75) is 44.4 Å². The Hall–Kier alpha value is -1.02. The van der Waals surface area contributed by atoms with E-state index in [9.17, 15) is 4.79 Å². The van der Waals surface area contributed by atoms with Gasteiger partial charge in [0.05, 0.1) is 11.3 Å². The molecule has 1 amide bonds. The van der Waals surface area contributed by atoms with Crippen LogP contribution in [0.25, 0.3) is 0 Å². The average Bonchev–Trinajstić information content (AvgIpc) is 2.39. The largest absolute Gasteiger partial charge is 0.354 e. The topological polar surface area (TPSA) is 29.1 Å². The van der Waals surface area contributed by atoms with Crippen LogP contribution in [0.3, 0.4) is 0 Å². The lowest BCUT2D eigenvalue weighted by Gasteiger charge is -2.29. The van der Waals surface area contributed by atoms with Crippen molar-refractivity contribution in [1.29, 1.82) is 0 Å². The maximum Gasteiger partial charge on any atom is 0.227 e.